The fourth-order valence-electron chi connectivity index (χ4n) is 2.59. The SMILES string of the molecule is CCC(C)NC(=O)c1ccc(CNC(=NC)NCc2ccc(C(F)(F)F)cc2)cc1.I. The number of aliphatic imine (C=N–C) groups is 1. The number of carbonyl (C=O) groups is 1. The quantitative estimate of drug-likeness (QED) is 0.267. The van der Waals surface area contributed by atoms with E-state index in [1.54, 1.807) is 19.2 Å². The highest BCUT2D eigenvalue weighted by Crippen LogP contribution is 2.29. The molecule has 2 rings (SSSR count). The van der Waals surface area contributed by atoms with E-state index < -0.39 is 11.7 Å². The van der Waals surface area contributed by atoms with Crippen LogP contribution in [0.3, 0.4) is 0 Å². The van der Waals surface area contributed by atoms with Crippen molar-refractivity contribution in [3.05, 3.63) is 70.8 Å². The van der Waals surface area contributed by atoms with E-state index in [1.807, 2.05) is 26.0 Å². The Bertz CT molecular complexity index is 853. The average Bonchev–Trinajstić information content (AvgIpc) is 2.73. The van der Waals surface area contributed by atoms with E-state index in [4.69, 9.17) is 0 Å². The molecule has 0 aliphatic rings. The zero-order chi connectivity index (χ0) is 22.1. The van der Waals surface area contributed by atoms with Crippen LogP contribution in [0.5, 0.6) is 0 Å². The molecule has 0 radical (unpaired) electrons. The van der Waals surface area contributed by atoms with Crippen molar-refractivity contribution in [3.63, 3.8) is 0 Å². The number of hydrogen-bond acceptors (Lipinski definition) is 2. The number of rotatable bonds is 7. The number of nitrogens with zero attached hydrogens (tertiary/aromatic N) is 1. The smallest absolute Gasteiger partial charge is 0.352 e. The van der Waals surface area contributed by atoms with Crippen molar-refractivity contribution in [3.8, 4) is 0 Å². The van der Waals surface area contributed by atoms with Gasteiger partial charge in [0, 0.05) is 31.7 Å². The standard InChI is InChI=1S/C22H27F3N4O.HI/c1-4-15(2)29-20(30)18-9-5-16(6-10-18)13-27-21(26-3)28-14-17-7-11-19(12-8-17)22(23,24)25;/h5-12,15H,4,13-14H2,1-3H3,(H,29,30)(H2,26,27,28);1H. The summed E-state index contributed by atoms with van der Waals surface area (Å²) in [5.74, 6) is 0.423. The number of alkyl halides is 3. The molecule has 0 aliphatic carbocycles. The topological polar surface area (TPSA) is 65.5 Å². The summed E-state index contributed by atoms with van der Waals surface area (Å²) in [4.78, 5) is 16.2. The summed E-state index contributed by atoms with van der Waals surface area (Å²) in [6.07, 6.45) is -3.47. The molecule has 31 heavy (non-hydrogen) atoms. The molecule has 170 valence electrons. The number of benzene rings is 2. The second-order valence-electron chi connectivity index (χ2n) is 6.95. The summed E-state index contributed by atoms with van der Waals surface area (Å²) in [5, 5.41) is 9.13. The van der Waals surface area contributed by atoms with Crippen LogP contribution in [0.2, 0.25) is 0 Å². The van der Waals surface area contributed by atoms with Crippen LogP contribution in [-0.2, 0) is 19.3 Å². The molecule has 2 aromatic carbocycles. The molecule has 1 amide bonds. The second-order valence-corrected chi connectivity index (χ2v) is 6.95. The molecule has 3 N–H and O–H groups in total. The van der Waals surface area contributed by atoms with Gasteiger partial charge in [-0.2, -0.15) is 13.2 Å². The second kappa shape index (κ2) is 12.5. The first-order chi connectivity index (χ1) is 14.2. The summed E-state index contributed by atoms with van der Waals surface area (Å²) in [6.45, 7) is 4.80. The Labute approximate surface area is 197 Å². The minimum atomic E-state index is -4.34. The lowest BCUT2D eigenvalue weighted by molar-refractivity contribution is -0.137. The molecular weight excluding hydrogens is 520 g/mol. The van der Waals surface area contributed by atoms with Crippen molar-refractivity contribution in [1.82, 2.24) is 16.0 Å². The number of halogens is 4. The van der Waals surface area contributed by atoms with Gasteiger partial charge in [0.2, 0.25) is 0 Å². The largest absolute Gasteiger partial charge is 0.416 e. The fraction of sp³-hybridized carbons (Fsp3) is 0.364. The van der Waals surface area contributed by atoms with Crippen LogP contribution in [0.15, 0.2) is 53.5 Å². The average molecular weight is 548 g/mol. The van der Waals surface area contributed by atoms with Gasteiger partial charge in [0.1, 0.15) is 0 Å². The molecule has 1 atom stereocenters. The van der Waals surface area contributed by atoms with E-state index in [1.165, 1.54) is 12.1 Å². The predicted molar refractivity (Wildman–Crippen MR) is 128 cm³/mol. The molecule has 9 heteroatoms. The molecule has 0 aliphatic heterocycles. The molecule has 2 aromatic rings. The van der Waals surface area contributed by atoms with E-state index in [0.29, 0.717) is 30.2 Å². The first-order valence-electron chi connectivity index (χ1n) is 9.73. The maximum Gasteiger partial charge on any atom is 0.416 e. The Morgan fingerprint density at radius 3 is 1.87 bits per heavy atom. The molecule has 0 aromatic heterocycles. The molecule has 0 fully saturated rings. The Morgan fingerprint density at radius 2 is 1.45 bits per heavy atom. The Hall–Kier alpha value is -2.30. The van der Waals surface area contributed by atoms with Crippen LogP contribution in [0.4, 0.5) is 13.2 Å². The van der Waals surface area contributed by atoms with Gasteiger partial charge < -0.3 is 16.0 Å². The molecular formula is C22H28F3IN4O. The van der Waals surface area contributed by atoms with Gasteiger partial charge in [0.15, 0.2) is 5.96 Å². The molecule has 0 saturated carbocycles. The van der Waals surface area contributed by atoms with Crippen molar-refractivity contribution < 1.29 is 18.0 Å². The van der Waals surface area contributed by atoms with Gasteiger partial charge in [0.05, 0.1) is 5.56 Å². The number of carbonyl (C=O) groups excluding carboxylic acids is 1. The Morgan fingerprint density at radius 1 is 0.968 bits per heavy atom. The first-order valence-corrected chi connectivity index (χ1v) is 9.73. The van der Waals surface area contributed by atoms with Crippen LogP contribution in [-0.4, -0.2) is 25.0 Å². The van der Waals surface area contributed by atoms with E-state index in [2.05, 4.69) is 20.9 Å². The number of nitrogens with one attached hydrogen (secondary N) is 3. The van der Waals surface area contributed by atoms with Crippen LogP contribution < -0.4 is 16.0 Å². The summed E-state index contributed by atoms with van der Waals surface area (Å²) in [6, 6.07) is 12.4. The van der Waals surface area contributed by atoms with Crippen molar-refractivity contribution in [2.45, 2.75) is 45.6 Å². The number of amides is 1. The maximum absolute atomic E-state index is 12.6. The van der Waals surface area contributed by atoms with E-state index in [-0.39, 0.29) is 35.9 Å². The van der Waals surface area contributed by atoms with Crippen LogP contribution in [0, 0.1) is 0 Å². The molecule has 1 unspecified atom stereocenters. The highest BCUT2D eigenvalue weighted by atomic mass is 127. The van der Waals surface area contributed by atoms with Crippen molar-refractivity contribution in [1.29, 1.82) is 0 Å². The van der Waals surface area contributed by atoms with Gasteiger partial charge in [0.25, 0.3) is 5.91 Å². The molecule has 0 bridgehead atoms. The lowest BCUT2D eigenvalue weighted by Crippen LogP contribution is -2.36. The monoisotopic (exact) mass is 548 g/mol. The Balaban J connectivity index is 0.00000480. The van der Waals surface area contributed by atoms with Crippen LogP contribution >= 0.6 is 24.0 Å². The number of hydrogen-bond donors (Lipinski definition) is 3. The third-order valence-corrected chi connectivity index (χ3v) is 4.63. The first kappa shape index (κ1) is 26.7. The van der Waals surface area contributed by atoms with Gasteiger partial charge in [-0.15, -0.1) is 24.0 Å². The zero-order valence-corrected chi connectivity index (χ0v) is 20.0. The van der Waals surface area contributed by atoms with Crippen molar-refractivity contribution in [2.75, 3.05) is 7.05 Å². The van der Waals surface area contributed by atoms with E-state index in [0.717, 1.165) is 24.1 Å². The number of guanidine groups is 1. The molecule has 0 saturated heterocycles. The zero-order valence-electron chi connectivity index (χ0n) is 17.7. The van der Waals surface area contributed by atoms with E-state index in [9.17, 15) is 18.0 Å². The van der Waals surface area contributed by atoms with Gasteiger partial charge in [-0.25, -0.2) is 0 Å². The third kappa shape index (κ3) is 8.76. The van der Waals surface area contributed by atoms with E-state index >= 15 is 0 Å². The minimum Gasteiger partial charge on any atom is -0.352 e. The highest BCUT2D eigenvalue weighted by molar-refractivity contribution is 14.0. The normalized spacial score (nSPS) is 12.5. The lowest BCUT2D eigenvalue weighted by Gasteiger charge is -2.14. The summed E-state index contributed by atoms with van der Waals surface area (Å²) < 4.78 is 37.9. The van der Waals surface area contributed by atoms with Gasteiger partial charge in [-0.3, -0.25) is 9.79 Å². The molecule has 0 heterocycles. The molecule has 0 spiro atoms. The van der Waals surface area contributed by atoms with Crippen molar-refractivity contribution in [2.24, 2.45) is 4.99 Å². The summed E-state index contributed by atoms with van der Waals surface area (Å²) in [5.41, 5.74) is 1.61. The lowest BCUT2D eigenvalue weighted by atomic mass is 10.1. The summed E-state index contributed by atoms with van der Waals surface area (Å²) in [7, 11) is 1.62. The third-order valence-electron chi connectivity index (χ3n) is 4.63. The van der Waals surface area contributed by atoms with Gasteiger partial charge in [-0.05, 0) is 48.7 Å². The highest BCUT2D eigenvalue weighted by Gasteiger charge is 2.29. The fourth-order valence-corrected chi connectivity index (χ4v) is 2.59. The van der Waals surface area contributed by atoms with Gasteiger partial charge in [-0.1, -0.05) is 31.2 Å². The van der Waals surface area contributed by atoms with Crippen molar-refractivity contribution >= 4 is 35.8 Å². The Kier molecular flexibility index (Phi) is 10.8. The van der Waals surface area contributed by atoms with Crippen LogP contribution in [0.1, 0.15) is 47.3 Å². The van der Waals surface area contributed by atoms with Crippen LogP contribution in [0.25, 0.3) is 0 Å². The maximum atomic E-state index is 12.6. The summed E-state index contributed by atoms with van der Waals surface area (Å²) >= 11 is 0. The predicted octanol–water partition coefficient (Wildman–Crippen LogP) is 4.72. The molecule has 5 nitrogen and oxygen atoms in total. The minimum absolute atomic E-state index is 0. The van der Waals surface area contributed by atoms with Gasteiger partial charge >= 0.3 is 6.18 Å².